The van der Waals surface area contributed by atoms with Crippen molar-refractivity contribution in [2.45, 2.75) is 38.6 Å². The van der Waals surface area contributed by atoms with Gasteiger partial charge in [-0.15, -0.1) is 0 Å². The van der Waals surface area contributed by atoms with E-state index in [1.54, 1.807) is 27.0 Å². The van der Waals surface area contributed by atoms with Gasteiger partial charge in [-0.2, -0.15) is 0 Å². The van der Waals surface area contributed by atoms with Gasteiger partial charge in [-0.1, -0.05) is 24.8 Å². The quantitative estimate of drug-likeness (QED) is 0.432. The van der Waals surface area contributed by atoms with Crippen molar-refractivity contribution in [3.8, 4) is 17.6 Å². The molecule has 0 spiro atoms. The van der Waals surface area contributed by atoms with Gasteiger partial charge in [-0.05, 0) is 19.1 Å². The van der Waals surface area contributed by atoms with E-state index in [1.165, 1.54) is 12.1 Å². The predicted octanol–water partition coefficient (Wildman–Crippen LogP) is 1.22. The van der Waals surface area contributed by atoms with Gasteiger partial charge in [0.25, 0.3) is 0 Å². The molecule has 0 amide bonds. The smallest absolute Gasteiger partial charge is 0.343 e. The molecule has 1 aliphatic heterocycles. The zero-order chi connectivity index (χ0) is 20.1. The van der Waals surface area contributed by atoms with Crippen molar-refractivity contribution in [3.05, 3.63) is 35.4 Å². The highest BCUT2D eigenvalue weighted by molar-refractivity contribution is 5.96. The maximum Gasteiger partial charge on any atom is 0.343 e. The number of rotatable bonds is 1. The van der Waals surface area contributed by atoms with Gasteiger partial charge in [0.15, 0.2) is 5.78 Å². The molecular formula is C20H23NO6. The number of hydrogen-bond acceptors (Lipinski definition) is 7. The molecule has 7 nitrogen and oxygen atoms in total. The van der Waals surface area contributed by atoms with Gasteiger partial charge in [0.05, 0.1) is 6.10 Å². The number of nitrogens with one attached hydrogen (secondary N) is 1. The third-order valence-electron chi connectivity index (χ3n) is 4.40. The van der Waals surface area contributed by atoms with E-state index in [1.807, 2.05) is 0 Å². The number of ether oxygens (including phenoxy) is 1. The van der Waals surface area contributed by atoms with Gasteiger partial charge in [-0.3, -0.25) is 4.79 Å². The van der Waals surface area contributed by atoms with E-state index >= 15 is 0 Å². The molecular weight excluding hydrogens is 350 g/mol. The first-order valence-corrected chi connectivity index (χ1v) is 8.57. The fourth-order valence-electron chi connectivity index (χ4n) is 2.47. The number of fused-ring (bicyclic) bond motifs is 1. The molecule has 2 rings (SSSR count). The zero-order valence-electron chi connectivity index (χ0n) is 15.4. The lowest BCUT2D eigenvalue weighted by molar-refractivity contribution is -0.127. The highest BCUT2D eigenvalue weighted by Gasteiger charge is 2.25. The number of aliphatic hydroxyl groups excluding tert-OH is 2. The summed E-state index contributed by atoms with van der Waals surface area (Å²) in [6.07, 6.45) is -1.10. The molecule has 0 saturated heterocycles. The van der Waals surface area contributed by atoms with Crippen LogP contribution >= 0.6 is 0 Å². The Morgan fingerprint density at radius 1 is 1.22 bits per heavy atom. The standard InChI is InChI=1S/C20H23NO6/c1-11-7-8-16(23)19(25)15(22)6-4-5-13-9-14(21-3)10-17(24)18(13)20(26)27-12(11)2/h7-12,15,19,21-22,24-25H,6H2,1-3H3/b8-7-/t11-,12+,15+,19+/m1/s1. The summed E-state index contributed by atoms with van der Waals surface area (Å²) >= 11 is 0. The number of benzene rings is 1. The van der Waals surface area contributed by atoms with Crippen LogP contribution in [0.4, 0.5) is 5.69 Å². The molecule has 4 N–H and O–H groups in total. The maximum atomic E-state index is 12.6. The van der Waals surface area contributed by atoms with Crippen LogP contribution in [0, 0.1) is 17.8 Å². The van der Waals surface area contributed by atoms with Crippen molar-refractivity contribution >= 4 is 17.4 Å². The molecule has 0 aromatic heterocycles. The number of cyclic esters (lactones) is 1. The summed E-state index contributed by atoms with van der Waals surface area (Å²) in [6.45, 7) is 3.39. The van der Waals surface area contributed by atoms with Gasteiger partial charge in [0.2, 0.25) is 0 Å². The number of carbonyl (C=O) groups is 2. The fraction of sp³-hybridized carbons (Fsp3) is 0.400. The minimum Gasteiger partial charge on any atom is -0.507 e. The average molecular weight is 373 g/mol. The van der Waals surface area contributed by atoms with E-state index in [2.05, 4.69) is 17.2 Å². The molecule has 0 fully saturated rings. The highest BCUT2D eigenvalue weighted by Crippen LogP contribution is 2.28. The molecule has 0 aliphatic carbocycles. The first kappa shape index (κ1) is 20.5. The Morgan fingerprint density at radius 3 is 2.59 bits per heavy atom. The first-order chi connectivity index (χ1) is 12.7. The number of phenols is 1. The number of hydrogen-bond donors (Lipinski definition) is 4. The number of anilines is 1. The molecule has 1 heterocycles. The number of phenolic OH excluding ortho intramolecular Hbond substituents is 1. The Balaban J connectivity index is 2.53. The summed E-state index contributed by atoms with van der Waals surface area (Å²) in [4.78, 5) is 24.5. The Labute approximate surface area is 157 Å². The Kier molecular flexibility index (Phi) is 6.61. The van der Waals surface area contributed by atoms with Crippen molar-refractivity contribution in [3.63, 3.8) is 0 Å². The second-order valence-electron chi connectivity index (χ2n) is 6.42. The monoisotopic (exact) mass is 373 g/mol. The highest BCUT2D eigenvalue weighted by atomic mass is 16.5. The summed E-state index contributed by atoms with van der Waals surface area (Å²) < 4.78 is 5.41. The van der Waals surface area contributed by atoms with Crippen LogP contribution in [0.5, 0.6) is 5.75 Å². The number of aliphatic hydroxyl groups is 2. The lowest BCUT2D eigenvalue weighted by Gasteiger charge is -2.19. The predicted molar refractivity (Wildman–Crippen MR) is 99.4 cm³/mol. The molecule has 4 atom stereocenters. The van der Waals surface area contributed by atoms with Gasteiger partial charge < -0.3 is 25.4 Å². The largest absolute Gasteiger partial charge is 0.507 e. The Hall–Kier alpha value is -2.82. The first-order valence-electron chi connectivity index (χ1n) is 8.57. The Morgan fingerprint density at radius 2 is 1.93 bits per heavy atom. The fourth-order valence-corrected chi connectivity index (χ4v) is 2.47. The second kappa shape index (κ2) is 8.71. The second-order valence-corrected chi connectivity index (χ2v) is 6.42. The van der Waals surface area contributed by atoms with Crippen molar-refractivity contribution in [1.29, 1.82) is 0 Å². The number of carbonyl (C=O) groups excluding carboxylic acids is 2. The average Bonchev–Trinajstić information content (AvgIpc) is 2.63. The van der Waals surface area contributed by atoms with Crippen molar-refractivity contribution in [2.75, 3.05) is 12.4 Å². The summed E-state index contributed by atoms with van der Waals surface area (Å²) in [5, 5.41) is 33.0. The van der Waals surface area contributed by atoms with Crippen LogP contribution < -0.4 is 5.32 Å². The van der Waals surface area contributed by atoms with E-state index in [4.69, 9.17) is 4.74 Å². The topological polar surface area (TPSA) is 116 Å². The van der Waals surface area contributed by atoms with Crippen molar-refractivity contribution < 1.29 is 29.6 Å². The van der Waals surface area contributed by atoms with Crippen molar-refractivity contribution in [2.24, 2.45) is 5.92 Å². The number of ketones is 1. The molecule has 1 aromatic rings. The molecule has 144 valence electrons. The van der Waals surface area contributed by atoms with E-state index in [0.29, 0.717) is 5.69 Å². The van der Waals surface area contributed by atoms with Crippen LogP contribution in [-0.2, 0) is 9.53 Å². The van der Waals surface area contributed by atoms with E-state index in [9.17, 15) is 24.9 Å². The SMILES string of the molecule is CNc1cc(O)c2c(c1)C#CC[C@H](O)[C@H](O)C(=O)/C=C\[C@@H](C)[C@H](C)OC2=O. The molecule has 0 saturated carbocycles. The van der Waals surface area contributed by atoms with Gasteiger partial charge in [-0.25, -0.2) is 4.79 Å². The number of esters is 1. The van der Waals surface area contributed by atoms with E-state index in [0.717, 1.165) is 6.08 Å². The van der Waals surface area contributed by atoms with E-state index < -0.39 is 30.1 Å². The van der Waals surface area contributed by atoms with E-state index in [-0.39, 0.29) is 29.2 Å². The maximum absolute atomic E-state index is 12.6. The summed E-state index contributed by atoms with van der Waals surface area (Å²) in [7, 11) is 1.65. The molecule has 1 aliphatic rings. The van der Waals surface area contributed by atoms with Gasteiger partial charge in [0.1, 0.15) is 23.5 Å². The number of aromatic hydroxyl groups is 1. The lowest BCUT2D eigenvalue weighted by atomic mass is 10.0. The molecule has 0 bridgehead atoms. The van der Waals surface area contributed by atoms with Crippen LogP contribution in [0.25, 0.3) is 0 Å². The van der Waals surface area contributed by atoms with Crippen molar-refractivity contribution in [1.82, 2.24) is 0 Å². The molecule has 7 heteroatoms. The van der Waals surface area contributed by atoms with Crippen LogP contribution in [0.3, 0.4) is 0 Å². The molecule has 0 unspecified atom stereocenters. The lowest BCUT2D eigenvalue weighted by Crippen LogP contribution is -2.32. The molecule has 1 aromatic carbocycles. The van der Waals surface area contributed by atoms with Crippen LogP contribution in [0.15, 0.2) is 24.3 Å². The normalized spacial score (nSPS) is 27.4. The minimum absolute atomic E-state index is 0.0762. The summed E-state index contributed by atoms with van der Waals surface area (Å²) in [5.74, 6) is 3.33. The summed E-state index contributed by atoms with van der Waals surface area (Å²) in [5.41, 5.74) is 0.673. The van der Waals surface area contributed by atoms with Gasteiger partial charge >= 0.3 is 5.97 Å². The van der Waals surface area contributed by atoms with Crippen LogP contribution in [0.2, 0.25) is 0 Å². The van der Waals surface area contributed by atoms with Crippen LogP contribution in [-0.4, -0.2) is 52.4 Å². The zero-order valence-corrected chi connectivity index (χ0v) is 15.4. The van der Waals surface area contributed by atoms with Gasteiger partial charge in [0, 0.05) is 36.7 Å². The third-order valence-corrected chi connectivity index (χ3v) is 4.40. The summed E-state index contributed by atoms with van der Waals surface area (Å²) in [6, 6.07) is 2.95. The third kappa shape index (κ3) is 4.88. The Bertz CT molecular complexity index is 820. The minimum atomic E-state index is -1.60. The molecule has 0 radical (unpaired) electrons. The van der Waals surface area contributed by atoms with Crippen LogP contribution in [0.1, 0.15) is 36.2 Å². The molecule has 27 heavy (non-hydrogen) atoms.